The fourth-order valence-corrected chi connectivity index (χ4v) is 3.47. The van der Waals surface area contributed by atoms with E-state index in [0.717, 1.165) is 6.54 Å². The van der Waals surface area contributed by atoms with Gasteiger partial charge in [-0.25, -0.2) is 13.1 Å². The smallest absolute Gasteiger partial charge is 0.213 e. The van der Waals surface area contributed by atoms with Gasteiger partial charge in [0.25, 0.3) is 0 Å². The normalized spacial score (nSPS) is 21.6. The molecule has 0 aromatic carbocycles. The lowest BCUT2D eigenvalue weighted by molar-refractivity contribution is 0.470. The van der Waals surface area contributed by atoms with Crippen molar-refractivity contribution < 1.29 is 8.42 Å². The Morgan fingerprint density at radius 1 is 1.19 bits per heavy atom. The lowest BCUT2D eigenvalue weighted by atomic mass is 10.1. The fraction of sp³-hybridized carbons (Fsp3) is 1.00. The van der Waals surface area contributed by atoms with Crippen LogP contribution < -0.4 is 10.0 Å². The molecule has 0 spiro atoms. The molecule has 0 radical (unpaired) electrons. The molecule has 4 nitrogen and oxygen atoms in total. The molecule has 2 N–H and O–H groups in total. The number of hydrogen-bond acceptors (Lipinski definition) is 3. The average molecular weight is 246 g/mol. The van der Waals surface area contributed by atoms with E-state index in [9.17, 15) is 8.42 Å². The summed E-state index contributed by atoms with van der Waals surface area (Å²) in [5.41, 5.74) is 0. The molecule has 0 unspecified atom stereocenters. The summed E-state index contributed by atoms with van der Waals surface area (Å²) in [5.74, 6) is 1.46. The Morgan fingerprint density at radius 3 is 2.19 bits per heavy atom. The van der Waals surface area contributed by atoms with Crippen LogP contribution in [0, 0.1) is 11.8 Å². The molecule has 0 bridgehead atoms. The van der Waals surface area contributed by atoms with E-state index in [1.807, 2.05) is 6.92 Å². The first-order chi connectivity index (χ1) is 7.62. The Labute approximate surface area is 98.2 Å². The van der Waals surface area contributed by atoms with Gasteiger partial charge in [0.15, 0.2) is 0 Å². The van der Waals surface area contributed by atoms with Crippen molar-refractivity contribution in [2.24, 2.45) is 11.8 Å². The first-order valence-electron chi connectivity index (χ1n) is 6.33. The minimum absolute atomic E-state index is 0.205. The van der Waals surface area contributed by atoms with E-state index in [1.54, 1.807) is 0 Å². The van der Waals surface area contributed by atoms with Gasteiger partial charge >= 0.3 is 0 Å². The quantitative estimate of drug-likeness (QED) is 0.620. The maximum absolute atomic E-state index is 11.8. The topological polar surface area (TPSA) is 58.2 Å². The third-order valence-corrected chi connectivity index (χ3v) is 4.75. The van der Waals surface area contributed by atoms with E-state index >= 15 is 0 Å². The van der Waals surface area contributed by atoms with Crippen LogP contribution in [-0.4, -0.2) is 33.3 Å². The zero-order chi connectivity index (χ0) is 11.6. The molecule has 16 heavy (non-hydrogen) atoms. The van der Waals surface area contributed by atoms with Crippen molar-refractivity contribution in [3.8, 4) is 0 Å². The molecular formula is C11H22N2O2S. The first-order valence-corrected chi connectivity index (χ1v) is 7.98. The largest absolute Gasteiger partial charge is 0.316 e. The van der Waals surface area contributed by atoms with Gasteiger partial charge in [0.1, 0.15) is 0 Å². The van der Waals surface area contributed by atoms with Crippen LogP contribution in [0.15, 0.2) is 0 Å². The summed E-state index contributed by atoms with van der Waals surface area (Å²) in [7, 11) is -3.08. The predicted octanol–water partition coefficient (Wildman–Crippen LogP) is 0.704. The summed E-state index contributed by atoms with van der Waals surface area (Å²) in [6.07, 6.45) is 4.82. The van der Waals surface area contributed by atoms with Crippen molar-refractivity contribution >= 4 is 10.0 Å². The average Bonchev–Trinajstić information content (AvgIpc) is 3.07. The first kappa shape index (κ1) is 12.3. The van der Waals surface area contributed by atoms with E-state index in [4.69, 9.17) is 0 Å². The molecule has 0 amide bonds. The summed E-state index contributed by atoms with van der Waals surface area (Å²) >= 11 is 0. The van der Waals surface area contributed by atoms with Crippen LogP contribution in [0.2, 0.25) is 0 Å². The van der Waals surface area contributed by atoms with E-state index in [-0.39, 0.29) is 11.8 Å². The Hall–Kier alpha value is -0.130. The van der Waals surface area contributed by atoms with Crippen LogP contribution in [0.3, 0.4) is 0 Å². The molecule has 0 heterocycles. The standard InChI is InChI=1S/C11H22N2O2S/c1-2-12-7-8-16(14,15)13-11(9-3-4-9)10-5-6-10/h9-13H,2-8H2,1H3. The summed E-state index contributed by atoms with van der Waals surface area (Å²) in [6.45, 7) is 3.36. The van der Waals surface area contributed by atoms with Gasteiger partial charge < -0.3 is 5.32 Å². The molecule has 2 rings (SSSR count). The lowest BCUT2D eigenvalue weighted by Gasteiger charge is -2.17. The highest BCUT2D eigenvalue weighted by atomic mass is 32.2. The van der Waals surface area contributed by atoms with Gasteiger partial charge in [0.2, 0.25) is 10.0 Å². The molecule has 2 fully saturated rings. The molecule has 0 atom stereocenters. The third kappa shape index (κ3) is 3.71. The summed E-state index contributed by atoms with van der Waals surface area (Å²) in [6, 6.07) is 0.242. The fourth-order valence-electron chi connectivity index (χ4n) is 2.14. The van der Waals surface area contributed by atoms with E-state index in [1.165, 1.54) is 25.7 Å². The molecule has 0 aromatic rings. The SMILES string of the molecule is CCNCCS(=O)(=O)NC(C1CC1)C1CC1. The van der Waals surface area contributed by atoms with Crippen LogP contribution in [0.4, 0.5) is 0 Å². The van der Waals surface area contributed by atoms with Gasteiger partial charge in [0.05, 0.1) is 5.75 Å². The van der Waals surface area contributed by atoms with Gasteiger partial charge in [-0.05, 0) is 44.1 Å². The summed E-state index contributed by atoms with van der Waals surface area (Å²) in [5, 5.41) is 3.05. The molecule has 0 aromatic heterocycles. The molecule has 0 saturated heterocycles. The monoisotopic (exact) mass is 246 g/mol. The zero-order valence-electron chi connectivity index (χ0n) is 9.91. The van der Waals surface area contributed by atoms with E-state index in [2.05, 4.69) is 10.0 Å². The molecule has 2 aliphatic rings. The summed E-state index contributed by atoms with van der Waals surface area (Å²) < 4.78 is 26.6. The number of hydrogen-bond donors (Lipinski definition) is 2. The van der Waals surface area contributed by atoms with Crippen molar-refractivity contribution in [1.29, 1.82) is 0 Å². The highest BCUT2D eigenvalue weighted by Gasteiger charge is 2.43. The molecule has 2 saturated carbocycles. The number of sulfonamides is 1. The van der Waals surface area contributed by atoms with Gasteiger partial charge in [-0.3, -0.25) is 0 Å². The predicted molar refractivity (Wildman–Crippen MR) is 64.7 cm³/mol. The molecule has 5 heteroatoms. The minimum Gasteiger partial charge on any atom is -0.316 e. The van der Waals surface area contributed by atoms with E-state index in [0.29, 0.717) is 18.4 Å². The third-order valence-electron chi connectivity index (χ3n) is 3.37. The zero-order valence-corrected chi connectivity index (χ0v) is 10.7. The highest BCUT2D eigenvalue weighted by Crippen LogP contribution is 2.44. The Bertz CT molecular complexity index is 309. The van der Waals surface area contributed by atoms with Crippen molar-refractivity contribution in [3.63, 3.8) is 0 Å². The second kappa shape index (κ2) is 5.02. The number of rotatable bonds is 8. The van der Waals surface area contributed by atoms with Gasteiger partial charge in [-0.15, -0.1) is 0 Å². The maximum atomic E-state index is 11.8. The van der Waals surface area contributed by atoms with Gasteiger partial charge in [-0.2, -0.15) is 0 Å². The van der Waals surface area contributed by atoms with Crippen LogP contribution in [0.5, 0.6) is 0 Å². The molecule has 0 aliphatic heterocycles. The van der Waals surface area contributed by atoms with Crippen LogP contribution in [0.1, 0.15) is 32.6 Å². The second-order valence-electron chi connectivity index (χ2n) is 4.99. The number of nitrogens with one attached hydrogen (secondary N) is 2. The molecule has 2 aliphatic carbocycles. The van der Waals surface area contributed by atoms with E-state index < -0.39 is 10.0 Å². The lowest BCUT2D eigenvalue weighted by Crippen LogP contribution is -2.41. The van der Waals surface area contributed by atoms with Crippen molar-refractivity contribution in [1.82, 2.24) is 10.0 Å². The van der Waals surface area contributed by atoms with Gasteiger partial charge in [-0.1, -0.05) is 6.92 Å². The Balaban J connectivity index is 1.80. The van der Waals surface area contributed by atoms with Crippen molar-refractivity contribution in [2.75, 3.05) is 18.8 Å². The van der Waals surface area contributed by atoms with Crippen molar-refractivity contribution in [3.05, 3.63) is 0 Å². The van der Waals surface area contributed by atoms with Crippen molar-refractivity contribution in [2.45, 2.75) is 38.6 Å². The Kier molecular flexibility index (Phi) is 3.87. The van der Waals surface area contributed by atoms with Crippen LogP contribution in [-0.2, 0) is 10.0 Å². The maximum Gasteiger partial charge on any atom is 0.213 e. The molecular weight excluding hydrogens is 224 g/mol. The highest BCUT2D eigenvalue weighted by molar-refractivity contribution is 7.89. The minimum atomic E-state index is -3.08. The second-order valence-corrected chi connectivity index (χ2v) is 6.86. The van der Waals surface area contributed by atoms with Crippen LogP contribution >= 0.6 is 0 Å². The van der Waals surface area contributed by atoms with Gasteiger partial charge in [0, 0.05) is 12.6 Å². The Morgan fingerprint density at radius 2 is 1.75 bits per heavy atom. The molecule has 94 valence electrons. The summed E-state index contributed by atoms with van der Waals surface area (Å²) in [4.78, 5) is 0. The van der Waals surface area contributed by atoms with Crippen LogP contribution in [0.25, 0.3) is 0 Å².